The third-order valence-electron chi connectivity index (χ3n) is 15.2. The van der Waals surface area contributed by atoms with Gasteiger partial charge < -0.3 is 0 Å². The molecule has 0 aliphatic rings. The van der Waals surface area contributed by atoms with E-state index in [1.807, 2.05) is 22.7 Å². The predicted octanol–water partition coefficient (Wildman–Crippen LogP) is 12.4. The number of hydrogen-bond acceptors (Lipinski definition) is 5. The first-order chi connectivity index (χ1) is 37.6. The molecule has 3 heterocycles. The normalized spacial score (nSPS) is 11.9. The Hall–Kier alpha value is -8.70. The second kappa shape index (κ2) is 19.2. The predicted molar refractivity (Wildman–Crippen MR) is 329 cm³/mol. The summed E-state index contributed by atoms with van der Waals surface area (Å²) in [4.78, 5) is 16.8. The first-order valence-electron chi connectivity index (χ1n) is 25.7. The van der Waals surface area contributed by atoms with Crippen molar-refractivity contribution in [3.05, 3.63) is 285 Å². The second-order valence-electron chi connectivity index (χ2n) is 19.4. The maximum absolute atomic E-state index is 5.67. The van der Waals surface area contributed by atoms with Crippen molar-refractivity contribution >= 4 is 121 Å². The molecule has 0 radical (unpaired) electrons. The van der Waals surface area contributed by atoms with E-state index >= 15 is 0 Å². The molecule has 0 bridgehead atoms. The van der Waals surface area contributed by atoms with Crippen LogP contribution >= 0.6 is 22.7 Å². The van der Waals surface area contributed by atoms with Crippen molar-refractivity contribution in [1.29, 1.82) is 0 Å². The van der Waals surface area contributed by atoms with Crippen molar-refractivity contribution < 1.29 is 0 Å². The van der Waals surface area contributed by atoms with Crippen LogP contribution in [0.15, 0.2) is 285 Å². The van der Waals surface area contributed by atoms with Crippen molar-refractivity contribution in [2.45, 2.75) is 0 Å². The van der Waals surface area contributed by atoms with Crippen molar-refractivity contribution in [3.63, 3.8) is 0 Å². The zero-order valence-corrected chi connectivity index (χ0v) is 44.9. The van der Waals surface area contributed by atoms with Gasteiger partial charge in [-0.05, 0) is 90.0 Å². The average molecular weight is 1040 g/mol. The van der Waals surface area contributed by atoms with Crippen LogP contribution in [-0.2, 0) is 0 Å². The van der Waals surface area contributed by atoms with Gasteiger partial charge in [0, 0.05) is 57.0 Å². The first kappa shape index (κ1) is 45.9. The lowest BCUT2D eigenvalue weighted by molar-refractivity contribution is 1.08. The summed E-state index contributed by atoms with van der Waals surface area (Å²) in [5.74, 6) is 1.90. The molecule has 76 heavy (non-hydrogen) atoms. The highest BCUT2D eigenvalue weighted by Gasteiger charge is 2.46. The Balaban J connectivity index is 1.13. The molecular weight excluding hydrogens is 991 g/mol. The Kier molecular flexibility index (Phi) is 11.6. The van der Waals surface area contributed by atoms with E-state index in [1.165, 1.54) is 81.8 Å². The van der Waals surface area contributed by atoms with Crippen LogP contribution in [0.2, 0.25) is 0 Å². The fraction of sp³-hybridized carbons (Fsp3) is 0. The SMILES string of the molecule is c1ccc([Si](c2ccccc2)(c2ccccc2)c2cc(-c3nc(-c4ccc5sc6ccccc6c5c4)nc(-c4ccc5sc6ccccc6c5c4)n3)cc([Si](c3ccccc3)(c3ccccc3)c3ccccc3)c2)cc1. The number of hydrogen-bond donors (Lipinski definition) is 0. The largest absolute Gasteiger partial charge is 0.208 e. The second-order valence-corrected chi connectivity index (χ2v) is 29.2. The van der Waals surface area contributed by atoms with Crippen molar-refractivity contribution in [1.82, 2.24) is 15.0 Å². The summed E-state index contributed by atoms with van der Waals surface area (Å²) in [6, 6.07) is 106. The molecular formula is C69H47N3S2Si2. The number of fused-ring (bicyclic) bond motifs is 6. The maximum atomic E-state index is 5.67. The minimum Gasteiger partial charge on any atom is -0.208 e. The van der Waals surface area contributed by atoms with Gasteiger partial charge >= 0.3 is 0 Å². The monoisotopic (exact) mass is 1040 g/mol. The van der Waals surface area contributed by atoms with Crippen LogP contribution in [0.5, 0.6) is 0 Å². The molecule has 11 aromatic carbocycles. The van der Waals surface area contributed by atoms with E-state index in [-0.39, 0.29) is 0 Å². The zero-order valence-electron chi connectivity index (χ0n) is 41.3. The molecule has 3 nitrogen and oxygen atoms in total. The summed E-state index contributed by atoms with van der Waals surface area (Å²) >= 11 is 3.64. The molecule has 0 unspecified atom stereocenters. The lowest BCUT2D eigenvalue weighted by atomic mass is 10.1. The molecule has 0 aliphatic heterocycles. The highest BCUT2D eigenvalue weighted by atomic mass is 32.1. The highest BCUT2D eigenvalue weighted by Crippen LogP contribution is 2.38. The molecule has 0 saturated heterocycles. The van der Waals surface area contributed by atoms with Crippen LogP contribution in [0.1, 0.15) is 0 Å². The Labute approximate surface area is 451 Å². The van der Waals surface area contributed by atoms with Gasteiger partial charge in [-0.25, -0.2) is 15.0 Å². The lowest BCUT2D eigenvalue weighted by Gasteiger charge is -2.38. The highest BCUT2D eigenvalue weighted by molar-refractivity contribution is 7.26. The summed E-state index contributed by atoms with van der Waals surface area (Å²) in [6.45, 7) is 0. The van der Waals surface area contributed by atoms with E-state index in [0.29, 0.717) is 17.5 Å². The zero-order chi connectivity index (χ0) is 50.5. The maximum Gasteiger partial charge on any atom is 0.179 e. The average Bonchev–Trinajstić information content (AvgIpc) is 4.17. The molecule has 0 spiro atoms. The van der Waals surface area contributed by atoms with Crippen LogP contribution in [-0.4, -0.2) is 31.1 Å². The number of thiophene rings is 2. The van der Waals surface area contributed by atoms with Gasteiger partial charge in [0.25, 0.3) is 0 Å². The summed E-state index contributed by atoms with van der Waals surface area (Å²) < 4.78 is 5.00. The summed E-state index contributed by atoms with van der Waals surface area (Å²) in [5.41, 5.74) is 2.84. The minimum atomic E-state index is -3.18. The van der Waals surface area contributed by atoms with Gasteiger partial charge in [0.1, 0.15) is 0 Å². The first-order valence-corrected chi connectivity index (χ1v) is 31.4. The van der Waals surface area contributed by atoms with Gasteiger partial charge in [0.05, 0.1) is 0 Å². The number of rotatable bonds is 11. The molecule has 0 atom stereocenters. The van der Waals surface area contributed by atoms with E-state index in [2.05, 4.69) is 285 Å². The fourth-order valence-corrected chi connectivity index (χ4v) is 23.8. The third kappa shape index (κ3) is 7.70. The molecule has 14 rings (SSSR count). The van der Waals surface area contributed by atoms with E-state index < -0.39 is 16.1 Å². The summed E-state index contributed by atoms with van der Waals surface area (Å²) in [6.07, 6.45) is 0. The number of nitrogens with zero attached hydrogens (tertiary/aromatic N) is 3. The summed E-state index contributed by atoms with van der Waals surface area (Å²) in [7, 11) is -6.35. The van der Waals surface area contributed by atoms with Crippen molar-refractivity contribution in [2.24, 2.45) is 0 Å². The van der Waals surface area contributed by atoms with E-state index in [0.717, 1.165) is 16.7 Å². The molecule has 14 aromatic rings. The molecule has 0 fully saturated rings. The van der Waals surface area contributed by atoms with Crippen LogP contribution in [0.25, 0.3) is 74.5 Å². The smallest absolute Gasteiger partial charge is 0.179 e. The molecule has 358 valence electrons. The molecule has 0 aliphatic carbocycles. The van der Waals surface area contributed by atoms with Gasteiger partial charge in [0.15, 0.2) is 33.6 Å². The van der Waals surface area contributed by atoms with E-state index in [9.17, 15) is 0 Å². The minimum absolute atomic E-state index is 0.628. The van der Waals surface area contributed by atoms with Crippen LogP contribution in [0.3, 0.4) is 0 Å². The number of benzene rings is 11. The van der Waals surface area contributed by atoms with Crippen molar-refractivity contribution in [3.8, 4) is 34.2 Å². The Morgan fingerprint density at radius 2 is 0.487 bits per heavy atom. The standard InChI is InChI=1S/C69H47N3S2Si2/c1-7-23-51(24-8-1)75(52-25-9-2-10-26-52,53-27-11-3-12-28-53)57-43-50(44-58(47-57)76(54-29-13-4-14-30-54,55-31-15-5-16-32-55)56-33-17-6-18-34-56)69-71-67(48-39-41-65-61(45-48)59-35-19-21-37-63(59)73-65)70-68(72-69)49-40-42-66-62(46-49)60-36-20-22-38-64(60)74-66/h1-47H. The van der Waals surface area contributed by atoms with E-state index in [1.54, 1.807) is 0 Å². The Bertz CT molecular complexity index is 3930. The number of aromatic nitrogens is 3. The van der Waals surface area contributed by atoms with Crippen LogP contribution in [0.4, 0.5) is 0 Å². The topological polar surface area (TPSA) is 38.7 Å². The molecule has 0 amide bonds. The van der Waals surface area contributed by atoms with Crippen LogP contribution in [0, 0.1) is 0 Å². The van der Waals surface area contributed by atoms with Gasteiger partial charge in [0.2, 0.25) is 0 Å². The Morgan fingerprint density at radius 1 is 0.211 bits per heavy atom. The third-order valence-corrected chi connectivity index (χ3v) is 27.0. The lowest BCUT2D eigenvalue weighted by Crippen LogP contribution is -2.78. The van der Waals surface area contributed by atoms with Crippen LogP contribution < -0.4 is 41.5 Å². The molecule has 7 heteroatoms. The molecule has 0 saturated carbocycles. The van der Waals surface area contributed by atoms with Crippen molar-refractivity contribution in [2.75, 3.05) is 0 Å². The molecule has 3 aromatic heterocycles. The van der Waals surface area contributed by atoms with E-state index in [4.69, 9.17) is 15.0 Å². The van der Waals surface area contributed by atoms with Gasteiger partial charge in [-0.3, -0.25) is 0 Å². The van der Waals surface area contributed by atoms with Gasteiger partial charge in [-0.1, -0.05) is 237 Å². The quantitative estimate of drug-likeness (QED) is 0.0957. The van der Waals surface area contributed by atoms with Gasteiger partial charge in [-0.15, -0.1) is 22.7 Å². The summed E-state index contributed by atoms with van der Waals surface area (Å²) in [5, 5.41) is 15.2. The fourth-order valence-electron chi connectivity index (χ4n) is 11.8. The molecule has 0 N–H and O–H groups in total. The van der Waals surface area contributed by atoms with Gasteiger partial charge in [-0.2, -0.15) is 0 Å². The Morgan fingerprint density at radius 3 is 0.816 bits per heavy atom.